The normalized spacial score (nSPS) is 9.14. The summed E-state index contributed by atoms with van der Waals surface area (Å²) in [5.41, 5.74) is 1.05. The lowest BCUT2D eigenvalue weighted by Crippen LogP contribution is -2.12. The van der Waals surface area contributed by atoms with Crippen LogP contribution in [0, 0.1) is 0 Å². The number of carboxylic acids is 2. The second kappa shape index (κ2) is 8.27. The minimum Gasteiger partial charge on any atom is -0.481 e. The van der Waals surface area contributed by atoms with Crippen LogP contribution in [0.15, 0.2) is 60.7 Å². The molecule has 0 amide bonds. The molecule has 0 heterocycles. The third-order valence-electron chi connectivity index (χ3n) is 2.43. The van der Waals surface area contributed by atoms with Crippen LogP contribution in [0.1, 0.15) is 15.9 Å². The van der Waals surface area contributed by atoms with Crippen molar-refractivity contribution in [3.05, 3.63) is 71.8 Å². The van der Waals surface area contributed by atoms with Crippen LogP contribution in [0.25, 0.3) is 0 Å². The average Bonchev–Trinajstić information content (AvgIpc) is 2.48. The van der Waals surface area contributed by atoms with Crippen molar-refractivity contribution >= 4 is 17.7 Å². The molecule has 0 aromatic heterocycles. The predicted octanol–water partition coefficient (Wildman–Crippen LogP) is 2.27. The molecule has 0 saturated heterocycles. The SMILES string of the molecule is O=C(O)C(=O)c1ccccc1.O=C(O)Cc1ccccc1. The Morgan fingerprint density at radius 3 is 1.67 bits per heavy atom. The van der Waals surface area contributed by atoms with Crippen LogP contribution < -0.4 is 0 Å². The van der Waals surface area contributed by atoms with Crippen molar-refractivity contribution in [1.29, 1.82) is 0 Å². The molecule has 0 unspecified atom stereocenters. The van der Waals surface area contributed by atoms with Crippen LogP contribution in [0.4, 0.5) is 0 Å². The Hall–Kier alpha value is -2.95. The number of aliphatic carboxylic acids is 2. The van der Waals surface area contributed by atoms with E-state index in [9.17, 15) is 14.4 Å². The van der Waals surface area contributed by atoms with Gasteiger partial charge in [0.15, 0.2) is 0 Å². The van der Waals surface area contributed by atoms with E-state index in [-0.39, 0.29) is 12.0 Å². The number of carbonyl (C=O) groups excluding carboxylic acids is 1. The highest BCUT2D eigenvalue weighted by molar-refractivity contribution is 6.39. The molecule has 0 fully saturated rings. The van der Waals surface area contributed by atoms with Gasteiger partial charge in [-0.1, -0.05) is 60.7 Å². The second-order valence-corrected chi connectivity index (χ2v) is 4.06. The fraction of sp³-hybridized carbons (Fsp3) is 0.0625. The third kappa shape index (κ3) is 6.15. The fourth-order valence-corrected chi connectivity index (χ4v) is 1.48. The zero-order valence-corrected chi connectivity index (χ0v) is 11.1. The van der Waals surface area contributed by atoms with E-state index in [1.165, 1.54) is 12.1 Å². The largest absolute Gasteiger partial charge is 0.481 e. The van der Waals surface area contributed by atoms with Gasteiger partial charge in [0.05, 0.1) is 6.42 Å². The number of hydrogen-bond donors (Lipinski definition) is 2. The standard InChI is InChI=1S/C8H6O3.C8H8O2/c9-7(8(10)11)6-4-2-1-3-5-6;9-8(10)6-7-4-2-1-3-5-7/h1-5H,(H,10,11);1-5H,6H2,(H,9,10). The highest BCUT2D eigenvalue weighted by Crippen LogP contribution is 1.99. The van der Waals surface area contributed by atoms with Crippen LogP contribution in [-0.2, 0) is 16.0 Å². The molecule has 5 nitrogen and oxygen atoms in total. The number of rotatable bonds is 4. The van der Waals surface area contributed by atoms with Gasteiger partial charge in [0.2, 0.25) is 0 Å². The molecule has 0 aliphatic carbocycles. The maximum Gasteiger partial charge on any atom is 0.377 e. The minimum atomic E-state index is -1.42. The molecule has 0 spiro atoms. The third-order valence-corrected chi connectivity index (χ3v) is 2.43. The molecule has 0 bridgehead atoms. The van der Waals surface area contributed by atoms with Crippen molar-refractivity contribution in [3.63, 3.8) is 0 Å². The molecule has 0 aliphatic heterocycles. The number of carboxylic acid groups (broad SMARTS) is 2. The van der Waals surface area contributed by atoms with Gasteiger partial charge in [0, 0.05) is 5.56 Å². The summed E-state index contributed by atoms with van der Waals surface area (Å²) in [5.74, 6) is -3.08. The first-order valence-corrected chi connectivity index (χ1v) is 6.09. The lowest BCUT2D eigenvalue weighted by Gasteiger charge is -1.92. The summed E-state index contributed by atoms with van der Waals surface area (Å²) in [7, 11) is 0. The van der Waals surface area contributed by atoms with E-state index in [4.69, 9.17) is 10.2 Å². The van der Waals surface area contributed by atoms with E-state index >= 15 is 0 Å². The molecule has 2 N–H and O–H groups in total. The predicted molar refractivity (Wildman–Crippen MR) is 76.2 cm³/mol. The Morgan fingerprint density at radius 1 is 0.762 bits per heavy atom. The van der Waals surface area contributed by atoms with Crippen LogP contribution in [0.2, 0.25) is 0 Å². The van der Waals surface area contributed by atoms with Gasteiger partial charge >= 0.3 is 11.9 Å². The van der Waals surface area contributed by atoms with Crippen molar-refractivity contribution in [2.24, 2.45) is 0 Å². The summed E-state index contributed by atoms with van der Waals surface area (Å²) < 4.78 is 0. The molecule has 0 atom stereocenters. The molecule has 0 aliphatic rings. The van der Waals surface area contributed by atoms with E-state index in [0.717, 1.165) is 5.56 Å². The highest BCUT2D eigenvalue weighted by Gasteiger charge is 2.12. The van der Waals surface area contributed by atoms with Crippen molar-refractivity contribution in [2.75, 3.05) is 0 Å². The van der Waals surface area contributed by atoms with Crippen molar-refractivity contribution in [2.45, 2.75) is 6.42 Å². The molecular weight excluding hydrogens is 272 g/mol. The number of hydrogen-bond acceptors (Lipinski definition) is 3. The first-order valence-electron chi connectivity index (χ1n) is 6.09. The van der Waals surface area contributed by atoms with Gasteiger partial charge in [0.1, 0.15) is 0 Å². The first kappa shape index (κ1) is 16.1. The van der Waals surface area contributed by atoms with Crippen molar-refractivity contribution < 1.29 is 24.6 Å². The van der Waals surface area contributed by atoms with Crippen molar-refractivity contribution in [3.8, 4) is 0 Å². The zero-order valence-electron chi connectivity index (χ0n) is 11.1. The van der Waals surface area contributed by atoms with Gasteiger partial charge in [-0.25, -0.2) is 4.79 Å². The molecule has 108 valence electrons. The Kier molecular flexibility index (Phi) is 6.34. The van der Waals surface area contributed by atoms with Crippen LogP contribution in [0.5, 0.6) is 0 Å². The number of Topliss-reactive ketones (excluding diaryl/α,β-unsaturated/α-hetero) is 1. The summed E-state index contributed by atoms with van der Waals surface area (Å²) in [4.78, 5) is 31.1. The van der Waals surface area contributed by atoms with E-state index in [1.54, 1.807) is 30.3 Å². The summed E-state index contributed by atoms with van der Waals surface area (Å²) in [5, 5.41) is 16.7. The van der Waals surface area contributed by atoms with E-state index < -0.39 is 17.7 Å². The minimum absolute atomic E-state index is 0.112. The summed E-state index contributed by atoms with van der Waals surface area (Å²) in [6.07, 6.45) is 0.112. The van der Waals surface area contributed by atoms with E-state index in [1.807, 2.05) is 18.2 Å². The molecule has 5 heteroatoms. The Labute approximate surface area is 121 Å². The van der Waals surface area contributed by atoms with Gasteiger partial charge in [-0.2, -0.15) is 0 Å². The van der Waals surface area contributed by atoms with Crippen LogP contribution >= 0.6 is 0 Å². The summed E-state index contributed by atoms with van der Waals surface area (Å²) in [6.45, 7) is 0. The Bertz CT molecular complexity index is 605. The van der Waals surface area contributed by atoms with Gasteiger partial charge in [-0.3, -0.25) is 9.59 Å². The molecule has 2 rings (SSSR count). The molecule has 2 aromatic carbocycles. The summed E-state index contributed by atoms with van der Waals surface area (Å²) in [6, 6.07) is 17.0. The topological polar surface area (TPSA) is 91.7 Å². The molecule has 0 saturated carbocycles. The maximum absolute atomic E-state index is 10.7. The Morgan fingerprint density at radius 2 is 1.24 bits per heavy atom. The smallest absolute Gasteiger partial charge is 0.377 e. The monoisotopic (exact) mass is 286 g/mol. The van der Waals surface area contributed by atoms with Gasteiger partial charge in [-0.05, 0) is 5.56 Å². The van der Waals surface area contributed by atoms with Crippen LogP contribution in [-0.4, -0.2) is 27.9 Å². The highest BCUT2D eigenvalue weighted by atomic mass is 16.4. The molecule has 0 radical (unpaired) electrons. The quantitative estimate of drug-likeness (QED) is 0.664. The maximum atomic E-state index is 10.7. The lowest BCUT2D eigenvalue weighted by atomic mass is 10.1. The van der Waals surface area contributed by atoms with Crippen molar-refractivity contribution in [1.82, 2.24) is 0 Å². The van der Waals surface area contributed by atoms with Gasteiger partial charge < -0.3 is 10.2 Å². The zero-order chi connectivity index (χ0) is 15.7. The Balaban J connectivity index is 0.000000211. The molecular formula is C16H14O5. The first-order chi connectivity index (χ1) is 10.0. The molecule has 21 heavy (non-hydrogen) atoms. The lowest BCUT2D eigenvalue weighted by molar-refractivity contribution is -0.136. The second-order valence-electron chi connectivity index (χ2n) is 4.06. The number of ketones is 1. The van der Waals surface area contributed by atoms with E-state index in [2.05, 4.69) is 0 Å². The molecule has 2 aromatic rings. The van der Waals surface area contributed by atoms with E-state index in [0.29, 0.717) is 0 Å². The number of carbonyl (C=O) groups is 3. The number of benzene rings is 2. The van der Waals surface area contributed by atoms with Gasteiger partial charge in [0.25, 0.3) is 5.78 Å². The average molecular weight is 286 g/mol. The van der Waals surface area contributed by atoms with Gasteiger partial charge in [-0.15, -0.1) is 0 Å². The van der Waals surface area contributed by atoms with Crippen LogP contribution in [0.3, 0.4) is 0 Å². The fourth-order valence-electron chi connectivity index (χ4n) is 1.48. The summed E-state index contributed by atoms with van der Waals surface area (Å²) >= 11 is 0.